The molecule has 0 spiro atoms. The Hall–Kier alpha value is -2.20. The lowest BCUT2D eigenvalue weighted by Gasteiger charge is -2.19. The number of anilines is 1. The second kappa shape index (κ2) is 4.23. The first-order chi connectivity index (χ1) is 8.44. The van der Waals surface area contributed by atoms with Gasteiger partial charge in [-0.3, -0.25) is 10.1 Å². The highest BCUT2D eigenvalue weighted by Crippen LogP contribution is 2.33. The van der Waals surface area contributed by atoms with E-state index in [1.165, 1.54) is 12.3 Å². The van der Waals surface area contributed by atoms with Crippen LogP contribution in [0, 0.1) is 21.4 Å². The number of aromatic nitrogens is 1. The number of nitro groups is 1. The lowest BCUT2D eigenvalue weighted by molar-refractivity contribution is -0.384. The third-order valence-electron chi connectivity index (χ3n) is 2.96. The summed E-state index contributed by atoms with van der Waals surface area (Å²) in [5, 5.41) is 29.8. The molecule has 2 heterocycles. The molecule has 94 valence electrons. The van der Waals surface area contributed by atoms with Crippen LogP contribution in [0.2, 0.25) is 0 Å². The molecule has 0 bridgehead atoms. The van der Waals surface area contributed by atoms with Crippen molar-refractivity contribution in [1.82, 2.24) is 4.98 Å². The first-order valence-electron chi connectivity index (χ1n) is 5.45. The van der Waals surface area contributed by atoms with E-state index in [9.17, 15) is 15.2 Å². The van der Waals surface area contributed by atoms with Gasteiger partial charge < -0.3 is 10.0 Å². The Bertz CT molecular complexity index is 536. The maximum Gasteiger partial charge on any atom is 0.329 e. The van der Waals surface area contributed by atoms with E-state index in [2.05, 4.69) is 4.98 Å². The number of β-amino-alcohol motifs (C(OH)–C–C–N with tert-alkyl or cyclic N) is 1. The molecule has 1 aliphatic heterocycles. The molecular weight excluding hydrogens is 236 g/mol. The standard InChI is InChI=1S/C11H12N4O3/c1-11(16)3-5-14(7-11)10-9(15(17)18)8(6-12)2-4-13-10/h2,4,16H,3,5,7H2,1H3. The average Bonchev–Trinajstić information content (AvgIpc) is 2.68. The van der Waals surface area contributed by atoms with Gasteiger partial charge in [-0.2, -0.15) is 5.26 Å². The van der Waals surface area contributed by atoms with E-state index in [-0.39, 0.29) is 23.6 Å². The van der Waals surface area contributed by atoms with Gasteiger partial charge in [0.25, 0.3) is 0 Å². The van der Waals surface area contributed by atoms with Gasteiger partial charge in [-0.1, -0.05) is 0 Å². The third kappa shape index (κ3) is 2.10. The third-order valence-corrected chi connectivity index (χ3v) is 2.96. The molecule has 1 atom stereocenters. The molecule has 1 aromatic heterocycles. The molecule has 1 aromatic rings. The molecule has 1 aliphatic rings. The zero-order valence-corrected chi connectivity index (χ0v) is 9.83. The molecular formula is C11H12N4O3. The zero-order chi connectivity index (χ0) is 13.3. The highest BCUT2D eigenvalue weighted by Gasteiger charge is 2.36. The van der Waals surface area contributed by atoms with Gasteiger partial charge >= 0.3 is 5.69 Å². The lowest BCUT2D eigenvalue weighted by Crippen LogP contribution is -2.30. The van der Waals surface area contributed by atoms with Crippen molar-refractivity contribution in [3.05, 3.63) is 27.9 Å². The molecule has 0 aliphatic carbocycles. The summed E-state index contributed by atoms with van der Waals surface area (Å²) in [6.07, 6.45) is 1.89. The van der Waals surface area contributed by atoms with Crippen LogP contribution in [0.3, 0.4) is 0 Å². The minimum absolute atomic E-state index is 0.0171. The molecule has 0 saturated carbocycles. The van der Waals surface area contributed by atoms with Crippen LogP contribution in [0.4, 0.5) is 11.5 Å². The van der Waals surface area contributed by atoms with Gasteiger partial charge in [0.05, 0.1) is 10.5 Å². The summed E-state index contributed by atoms with van der Waals surface area (Å²) in [4.78, 5) is 16.1. The van der Waals surface area contributed by atoms with Crippen molar-refractivity contribution >= 4 is 11.5 Å². The van der Waals surface area contributed by atoms with Crippen LogP contribution in [0.1, 0.15) is 18.9 Å². The molecule has 1 unspecified atom stereocenters. The maximum absolute atomic E-state index is 11.0. The monoisotopic (exact) mass is 248 g/mol. The van der Waals surface area contributed by atoms with Crippen LogP contribution in [-0.4, -0.2) is 33.7 Å². The normalized spacial score (nSPS) is 22.8. The summed E-state index contributed by atoms with van der Waals surface area (Å²) < 4.78 is 0. The van der Waals surface area contributed by atoms with Crippen molar-refractivity contribution in [2.24, 2.45) is 0 Å². The summed E-state index contributed by atoms with van der Waals surface area (Å²) in [5.74, 6) is 0.150. The Balaban J connectivity index is 2.46. The molecule has 1 N–H and O–H groups in total. The maximum atomic E-state index is 11.0. The van der Waals surface area contributed by atoms with Crippen LogP contribution in [0.25, 0.3) is 0 Å². The summed E-state index contributed by atoms with van der Waals surface area (Å²) in [6, 6.07) is 3.11. The average molecular weight is 248 g/mol. The summed E-state index contributed by atoms with van der Waals surface area (Å²) in [7, 11) is 0. The minimum Gasteiger partial charge on any atom is -0.388 e. The van der Waals surface area contributed by atoms with Gasteiger partial charge in [0.2, 0.25) is 5.82 Å². The Morgan fingerprint density at radius 3 is 2.94 bits per heavy atom. The highest BCUT2D eigenvalue weighted by atomic mass is 16.6. The van der Waals surface area contributed by atoms with Crippen molar-refractivity contribution in [3.8, 4) is 6.07 Å². The predicted octanol–water partition coefficient (Wildman–Crippen LogP) is 0.823. The fourth-order valence-electron chi connectivity index (χ4n) is 2.07. The number of rotatable bonds is 2. The van der Waals surface area contributed by atoms with Gasteiger partial charge in [0.1, 0.15) is 11.6 Å². The van der Waals surface area contributed by atoms with Gasteiger partial charge in [0, 0.05) is 19.3 Å². The van der Waals surface area contributed by atoms with E-state index in [4.69, 9.17) is 5.26 Å². The minimum atomic E-state index is -0.877. The highest BCUT2D eigenvalue weighted by molar-refractivity contribution is 5.65. The lowest BCUT2D eigenvalue weighted by atomic mass is 10.1. The van der Waals surface area contributed by atoms with Crippen molar-refractivity contribution < 1.29 is 10.0 Å². The van der Waals surface area contributed by atoms with Crippen molar-refractivity contribution in [2.75, 3.05) is 18.0 Å². The smallest absolute Gasteiger partial charge is 0.329 e. The van der Waals surface area contributed by atoms with E-state index < -0.39 is 10.5 Å². The van der Waals surface area contributed by atoms with Gasteiger partial charge in [0.15, 0.2) is 0 Å². The predicted molar refractivity (Wildman–Crippen MR) is 63.1 cm³/mol. The largest absolute Gasteiger partial charge is 0.388 e. The Morgan fingerprint density at radius 1 is 1.72 bits per heavy atom. The second-order valence-electron chi connectivity index (χ2n) is 4.57. The number of nitriles is 1. The van der Waals surface area contributed by atoms with Crippen molar-refractivity contribution in [1.29, 1.82) is 5.26 Å². The zero-order valence-electron chi connectivity index (χ0n) is 9.83. The molecule has 1 saturated heterocycles. The van der Waals surface area contributed by atoms with Crippen LogP contribution >= 0.6 is 0 Å². The van der Waals surface area contributed by atoms with Crippen molar-refractivity contribution in [3.63, 3.8) is 0 Å². The molecule has 7 heteroatoms. The number of pyridine rings is 1. The fraction of sp³-hybridized carbons (Fsp3) is 0.455. The number of hydrogen-bond donors (Lipinski definition) is 1. The van der Waals surface area contributed by atoms with E-state index in [1.807, 2.05) is 0 Å². The van der Waals surface area contributed by atoms with Crippen LogP contribution < -0.4 is 4.90 Å². The van der Waals surface area contributed by atoms with E-state index in [0.717, 1.165) is 0 Å². The van der Waals surface area contributed by atoms with Crippen LogP contribution in [0.15, 0.2) is 12.3 Å². The second-order valence-corrected chi connectivity index (χ2v) is 4.57. The van der Waals surface area contributed by atoms with Gasteiger partial charge in [-0.05, 0) is 19.4 Å². The van der Waals surface area contributed by atoms with Crippen molar-refractivity contribution in [2.45, 2.75) is 18.9 Å². The van der Waals surface area contributed by atoms with Crippen LogP contribution in [0.5, 0.6) is 0 Å². The first kappa shape index (κ1) is 12.3. The molecule has 0 amide bonds. The van der Waals surface area contributed by atoms with Gasteiger partial charge in [-0.15, -0.1) is 0 Å². The number of aliphatic hydroxyl groups is 1. The van der Waals surface area contributed by atoms with Gasteiger partial charge in [-0.25, -0.2) is 4.98 Å². The summed E-state index contributed by atoms with van der Waals surface area (Å²) in [5.41, 5.74) is -1.19. The molecule has 2 rings (SSSR count). The molecule has 0 aromatic carbocycles. The Kier molecular flexibility index (Phi) is 2.88. The molecule has 1 fully saturated rings. The quantitative estimate of drug-likeness (QED) is 0.614. The summed E-state index contributed by atoms with van der Waals surface area (Å²) in [6.45, 7) is 2.43. The van der Waals surface area contributed by atoms with E-state index >= 15 is 0 Å². The summed E-state index contributed by atoms with van der Waals surface area (Å²) >= 11 is 0. The SMILES string of the molecule is CC1(O)CCN(c2nccc(C#N)c2[N+](=O)[O-])C1. The fourth-order valence-corrected chi connectivity index (χ4v) is 2.07. The molecule has 0 radical (unpaired) electrons. The molecule has 18 heavy (non-hydrogen) atoms. The Morgan fingerprint density at radius 2 is 2.44 bits per heavy atom. The molecule has 7 nitrogen and oxygen atoms in total. The topological polar surface area (TPSA) is 103 Å². The van der Waals surface area contributed by atoms with Crippen LogP contribution in [-0.2, 0) is 0 Å². The number of nitrogens with zero attached hydrogens (tertiary/aromatic N) is 4. The van der Waals surface area contributed by atoms with E-state index in [1.54, 1.807) is 17.9 Å². The Labute approximate surface area is 103 Å². The van der Waals surface area contributed by atoms with E-state index in [0.29, 0.717) is 13.0 Å². The number of hydrogen-bond acceptors (Lipinski definition) is 6. The first-order valence-corrected chi connectivity index (χ1v) is 5.45.